The lowest BCUT2D eigenvalue weighted by molar-refractivity contribution is -0.142. The Kier molecular flexibility index (Phi) is 10.5. The maximum absolute atomic E-state index is 13.8. The van der Waals surface area contributed by atoms with Crippen molar-refractivity contribution in [2.24, 2.45) is 5.92 Å². The fourth-order valence-electron chi connectivity index (χ4n) is 4.61. The number of ether oxygens (including phenoxy) is 1. The maximum Gasteiger partial charge on any atom is 0.313 e. The molecule has 2 aromatic rings. The highest BCUT2D eigenvalue weighted by atomic mass is 19.2. The van der Waals surface area contributed by atoms with E-state index in [-0.39, 0.29) is 31.0 Å². The van der Waals surface area contributed by atoms with E-state index in [9.17, 15) is 41.5 Å². The Bertz CT molecular complexity index is 1400. The minimum Gasteiger partial charge on any atom is -0.481 e. The number of carboxylic acids is 1. The van der Waals surface area contributed by atoms with Crippen LogP contribution in [-0.4, -0.2) is 65.2 Å². The zero-order valence-corrected chi connectivity index (χ0v) is 23.6. The van der Waals surface area contributed by atoms with Crippen LogP contribution in [-0.2, 0) is 29.4 Å². The van der Waals surface area contributed by atoms with Crippen molar-refractivity contribution in [2.75, 3.05) is 25.0 Å². The van der Waals surface area contributed by atoms with Crippen LogP contribution in [0, 0.1) is 29.2 Å². The lowest BCUT2D eigenvalue weighted by Gasteiger charge is -2.23. The van der Waals surface area contributed by atoms with Gasteiger partial charge >= 0.3 is 17.8 Å². The number of amides is 3. The minimum absolute atomic E-state index is 0.0466. The summed E-state index contributed by atoms with van der Waals surface area (Å²) < 4.78 is 59.0. The summed E-state index contributed by atoms with van der Waals surface area (Å²) in [5.74, 6) is -14.3. The molecule has 3 rings (SSSR count). The zero-order chi connectivity index (χ0) is 32.1. The molecule has 3 N–H and O–H groups in total. The first-order valence-corrected chi connectivity index (χ1v) is 13.3. The van der Waals surface area contributed by atoms with Crippen LogP contribution >= 0.6 is 0 Å². The number of halogens is 4. The first-order chi connectivity index (χ1) is 20.1. The summed E-state index contributed by atoms with van der Waals surface area (Å²) in [5.41, 5.74) is 1.03. The van der Waals surface area contributed by atoms with Gasteiger partial charge in [0.1, 0.15) is 12.6 Å². The average Bonchev–Trinajstić information content (AvgIpc) is 3.38. The van der Waals surface area contributed by atoms with Crippen molar-refractivity contribution in [2.45, 2.75) is 51.5 Å². The third-order valence-corrected chi connectivity index (χ3v) is 6.76. The monoisotopic (exact) mass is 609 g/mol. The number of nitrogens with zero attached hydrogens (tertiary/aromatic N) is 1. The van der Waals surface area contributed by atoms with Crippen molar-refractivity contribution in [3.63, 3.8) is 0 Å². The Hall–Kier alpha value is -4.49. The van der Waals surface area contributed by atoms with Crippen molar-refractivity contribution in [1.82, 2.24) is 10.2 Å². The van der Waals surface area contributed by atoms with E-state index in [0.29, 0.717) is 12.1 Å². The molecule has 1 saturated heterocycles. The van der Waals surface area contributed by atoms with Gasteiger partial charge < -0.3 is 25.4 Å². The minimum atomic E-state index is -1.89. The van der Waals surface area contributed by atoms with Crippen LogP contribution in [0.15, 0.2) is 30.3 Å². The van der Waals surface area contributed by atoms with E-state index in [0.717, 1.165) is 5.56 Å². The van der Waals surface area contributed by atoms with E-state index in [1.54, 1.807) is 12.1 Å². The molecular weight excluding hydrogens is 578 g/mol. The largest absolute Gasteiger partial charge is 0.481 e. The van der Waals surface area contributed by atoms with Gasteiger partial charge in [0.2, 0.25) is 17.5 Å². The van der Waals surface area contributed by atoms with Gasteiger partial charge in [-0.3, -0.25) is 24.0 Å². The smallest absolute Gasteiger partial charge is 0.313 e. The van der Waals surface area contributed by atoms with Gasteiger partial charge in [0.15, 0.2) is 23.2 Å². The maximum atomic E-state index is 13.8. The van der Waals surface area contributed by atoms with E-state index in [1.165, 1.54) is 4.90 Å². The summed E-state index contributed by atoms with van der Waals surface area (Å²) in [4.78, 5) is 63.2. The SMILES string of the molecule is CC(C)(C)c1ccccc1NC(=O)C(=O)N1CCC(CC(=O)N[C@@H](CC(=O)O)C(=O)COc2c(F)c(F)cc(F)c2F)C1. The number of carbonyl (C=O) groups excluding carboxylic acids is 4. The van der Waals surface area contributed by atoms with Gasteiger partial charge in [-0.05, 0) is 29.4 Å². The summed E-state index contributed by atoms with van der Waals surface area (Å²) in [6, 6.07) is 5.33. The third kappa shape index (κ3) is 8.52. The molecule has 1 heterocycles. The standard InChI is InChI=1S/C29H31F4N3O7/c1-29(2,3)16-6-4-5-7-19(16)35-27(41)28(42)36-9-8-15(13-36)10-22(38)34-20(12-23(39)40)21(37)14-43-26-24(32)17(30)11-18(31)25(26)33/h4-7,11,15,20H,8-10,12-14H2,1-3H3,(H,34,38)(H,35,41)(H,39,40)/t15?,20-/m0/s1. The van der Waals surface area contributed by atoms with Crippen LogP contribution in [0.2, 0.25) is 0 Å². The quantitative estimate of drug-likeness (QED) is 0.213. The number of ketones is 1. The van der Waals surface area contributed by atoms with Crippen LogP contribution < -0.4 is 15.4 Å². The van der Waals surface area contributed by atoms with Gasteiger partial charge in [-0.25, -0.2) is 8.78 Å². The van der Waals surface area contributed by atoms with Crippen LogP contribution in [0.1, 0.15) is 45.6 Å². The van der Waals surface area contributed by atoms with Gasteiger partial charge in [0.05, 0.1) is 6.42 Å². The lowest BCUT2D eigenvalue weighted by atomic mass is 9.86. The molecule has 3 amide bonds. The summed E-state index contributed by atoms with van der Waals surface area (Å²) in [6.07, 6.45) is -0.807. The Labute approximate surface area is 244 Å². The number of hydrogen-bond donors (Lipinski definition) is 3. The number of benzene rings is 2. The highest BCUT2D eigenvalue weighted by Gasteiger charge is 2.33. The predicted octanol–water partition coefficient (Wildman–Crippen LogP) is 3.33. The van der Waals surface area contributed by atoms with Gasteiger partial charge in [-0.15, -0.1) is 0 Å². The molecule has 232 valence electrons. The first kappa shape index (κ1) is 33.0. The number of nitrogens with one attached hydrogen (secondary N) is 2. The third-order valence-electron chi connectivity index (χ3n) is 6.76. The topological polar surface area (TPSA) is 142 Å². The number of hydrogen-bond acceptors (Lipinski definition) is 6. The van der Waals surface area contributed by atoms with Gasteiger partial charge in [-0.2, -0.15) is 8.78 Å². The lowest BCUT2D eigenvalue weighted by Crippen LogP contribution is -2.45. The number of Topliss-reactive ketones (excluding diaryl/α,β-unsaturated/α-hetero) is 1. The fraction of sp³-hybridized carbons (Fsp3) is 0.414. The van der Waals surface area contributed by atoms with Crippen molar-refractivity contribution in [3.05, 3.63) is 59.2 Å². The number of rotatable bonds is 10. The summed E-state index contributed by atoms with van der Waals surface area (Å²) in [6.45, 7) is 4.91. The van der Waals surface area contributed by atoms with Crippen molar-refractivity contribution in [3.8, 4) is 5.75 Å². The first-order valence-electron chi connectivity index (χ1n) is 13.3. The number of para-hydroxylation sites is 1. The molecule has 0 bridgehead atoms. The van der Waals surface area contributed by atoms with E-state index < -0.39 is 83.5 Å². The van der Waals surface area contributed by atoms with Crippen LogP contribution in [0.3, 0.4) is 0 Å². The van der Waals surface area contributed by atoms with Crippen molar-refractivity contribution < 1.29 is 51.4 Å². The molecule has 1 aliphatic rings. The number of carboxylic acid groups (broad SMARTS) is 1. The molecular formula is C29H31F4N3O7. The second-order valence-electron chi connectivity index (χ2n) is 11.1. The molecule has 10 nitrogen and oxygen atoms in total. The fourth-order valence-corrected chi connectivity index (χ4v) is 4.61. The molecule has 2 atom stereocenters. The van der Waals surface area contributed by atoms with Crippen molar-refractivity contribution >= 4 is 35.2 Å². The second-order valence-corrected chi connectivity index (χ2v) is 11.1. The van der Waals surface area contributed by atoms with Gasteiger partial charge in [-0.1, -0.05) is 39.0 Å². The zero-order valence-electron chi connectivity index (χ0n) is 23.6. The molecule has 2 aromatic carbocycles. The Morgan fingerprint density at radius 1 is 1.05 bits per heavy atom. The van der Waals surface area contributed by atoms with E-state index in [4.69, 9.17) is 5.11 Å². The van der Waals surface area contributed by atoms with E-state index >= 15 is 0 Å². The van der Waals surface area contributed by atoms with E-state index in [1.807, 2.05) is 32.9 Å². The Morgan fingerprint density at radius 3 is 2.28 bits per heavy atom. The number of likely N-dealkylation sites (tertiary alicyclic amines) is 1. The molecule has 0 aliphatic carbocycles. The molecule has 1 fully saturated rings. The van der Waals surface area contributed by atoms with Crippen LogP contribution in [0.4, 0.5) is 23.2 Å². The summed E-state index contributed by atoms with van der Waals surface area (Å²) in [7, 11) is 0. The molecule has 0 saturated carbocycles. The van der Waals surface area contributed by atoms with Gasteiger partial charge in [0.25, 0.3) is 0 Å². The highest BCUT2D eigenvalue weighted by molar-refractivity contribution is 6.39. The van der Waals surface area contributed by atoms with E-state index in [2.05, 4.69) is 15.4 Å². The van der Waals surface area contributed by atoms with Gasteiger partial charge in [0, 0.05) is 31.3 Å². The van der Waals surface area contributed by atoms with Crippen LogP contribution in [0.5, 0.6) is 5.75 Å². The van der Waals surface area contributed by atoms with Crippen LogP contribution in [0.25, 0.3) is 0 Å². The Balaban J connectivity index is 1.57. The molecule has 43 heavy (non-hydrogen) atoms. The highest BCUT2D eigenvalue weighted by Crippen LogP contribution is 2.30. The average molecular weight is 610 g/mol. The molecule has 1 aliphatic heterocycles. The second kappa shape index (κ2) is 13.7. The molecule has 14 heteroatoms. The molecule has 1 unspecified atom stereocenters. The van der Waals surface area contributed by atoms with Crippen molar-refractivity contribution in [1.29, 1.82) is 0 Å². The Morgan fingerprint density at radius 2 is 1.67 bits per heavy atom. The summed E-state index contributed by atoms with van der Waals surface area (Å²) in [5, 5.41) is 14.0. The molecule has 0 aromatic heterocycles. The number of carbonyl (C=O) groups is 5. The molecule has 0 radical (unpaired) electrons. The summed E-state index contributed by atoms with van der Waals surface area (Å²) >= 11 is 0. The number of anilines is 1. The normalized spacial score (nSPS) is 15.5. The molecule has 0 spiro atoms. The number of aliphatic carboxylic acids is 1. The predicted molar refractivity (Wildman–Crippen MR) is 144 cm³/mol.